The highest BCUT2D eigenvalue weighted by Crippen LogP contribution is 2.23. The van der Waals surface area contributed by atoms with E-state index >= 15 is 0 Å². The van der Waals surface area contributed by atoms with Crippen LogP contribution in [-0.2, 0) is 4.79 Å². The van der Waals surface area contributed by atoms with Gasteiger partial charge in [0, 0.05) is 42.1 Å². The zero-order chi connectivity index (χ0) is 17.1. The van der Waals surface area contributed by atoms with E-state index in [1.807, 2.05) is 19.9 Å². The Bertz CT molecular complexity index is 719. The van der Waals surface area contributed by atoms with Gasteiger partial charge in [0.1, 0.15) is 5.75 Å². The Morgan fingerprint density at radius 3 is 2.46 bits per heavy atom. The molecule has 0 spiro atoms. The van der Waals surface area contributed by atoms with Crippen molar-refractivity contribution < 1.29 is 9.90 Å². The van der Waals surface area contributed by atoms with Crippen molar-refractivity contribution in [3.8, 4) is 5.75 Å². The summed E-state index contributed by atoms with van der Waals surface area (Å²) < 4.78 is 0. The zero-order valence-electron chi connectivity index (χ0n) is 14.0. The van der Waals surface area contributed by atoms with Gasteiger partial charge in [-0.25, -0.2) is 9.97 Å². The lowest BCUT2D eigenvalue weighted by Gasteiger charge is -2.31. The fourth-order valence-electron chi connectivity index (χ4n) is 3.02. The number of piperidine rings is 1. The molecule has 1 saturated heterocycles. The first-order chi connectivity index (χ1) is 11.5. The molecular weight excluding hydrogens is 304 g/mol. The number of hydrogen-bond acceptors (Lipinski definition) is 5. The fraction of sp³-hybridized carbons (Fsp3) is 0.389. The summed E-state index contributed by atoms with van der Waals surface area (Å²) in [5, 5.41) is 12.3. The molecule has 0 unspecified atom stereocenters. The topological polar surface area (TPSA) is 78.4 Å². The number of phenols is 1. The monoisotopic (exact) mass is 326 g/mol. The summed E-state index contributed by atoms with van der Waals surface area (Å²) in [4.78, 5) is 23.5. The number of carbonyl (C=O) groups is 1. The Balaban J connectivity index is 1.59. The molecule has 2 aromatic rings. The molecule has 1 aliphatic heterocycles. The number of aryl methyl sites for hydroxylation is 2. The molecular formula is C18H22N4O2. The number of amides is 1. The first kappa shape index (κ1) is 16.2. The van der Waals surface area contributed by atoms with Crippen molar-refractivity contribution in [1.82, 2.24) is 9.97 Å². The summed E-state index contributed by atoms with van der Waals surface area (Å²) in [7, 11) is 0. The molecule has 24 heavy (non-hydrogen) atoms. The van der Waals surface area contributed by atoms with Crippen LogP contribution in [0.15, 0.2) is 30.3 Å². The second-order valence-corrected chi connectivity index (χ2v) is 6.25. The zero-order valence-corrected chi connectivity index (χ0v) is 14.0. The van der Waals surface area contributed by atoms with Gasteiger partial charge in [0.2, 0.25) is 11.9 Å². The van der Waals surface area contributed by atoms with Crippen LogP contribution in [0.3, 0.4) is 0 Å². The van der Waals surface area contributed by atoms with Gasteiger partial charge < -0.3 is 15.3 Å². The molecule has 0 atom stereocenters. The normalized spacial score (nSPS) is 15.3. The molecule has 1 amide bonds. The molecule has 3 rings (SSSR count). The van der Waals surface area contributed by atoms with Crippen LogP contribution in [0.5, 0.6) is 5.75 Å². The summed E-state index contributed by atoms with van der Waals surface area (Å²) in [6.07, 6.45) is 1.53. The van der Waals surface area contributed by atoms with Gasteiger partial charge in [0.05, 0.1) is 0 Å². The molecule has 1 aliphatic rings. The predicted octanol–water partition coefficient (Wildman–Crippen LogP) is 2.65. The number of aromatic hydroxyl groups is 1. The Morgan fingerprint density at radius 2 is 1.83 bits per heavy atom. The predicted molar refractivity (Wildman–Crippen MR) is 93.2 cm³/mol. The number of benzene rings is 1. The van der Waals surface area contributed by atoms with Gasteiger partial charge in [-0.1, -0.05) is 6.07 Å². The van der Waals surface area contributed by atoms with E-state index in [0.29, 0.717) is 5.69 Å². The maximum atomic E-state index is 12.4. The van der Waals surface area contributed by atoms with Crippen molar-refractivity contribution in [1.29, 1.82) is 0 Å². The second kappa shape index (κ2) is 6.86. The van der Waals surface area contributed by atoms with Crippen molar-refractivity contribution in [3.63, 3.8) is 0 Å². The molecule has 0 aliphatic carbocycles. The van der Waals surface area contributed by atoms with E-state index in [1.165, 1.54) is 0 Å². The highest BCUT2D eigenvalue weighted by molar-refractivity contribution is 5.92. The molecule has 0 bridgehead atoms. The van der Waals surface area contributed by atoms with Crippen LogP contribution in [0.2, 0.25) is 0 Å². The lowest BCUT2D eigenvalue weighted by molar-refractivity contribution is -0.120. The molecule has 2 N–H and O–H groups in total. The average Bonchev–Trinajstić information content (AvgIpc) is 2.54. The number of carbonyl (C=O) groups excluding carboxylic acids is 1. The number of rotatable bonds is 3. The Morgan fingerprint density at radius 1 is 1.17 bits per heavy atom. The van der Waals surface area contributed by atoms with E-state index in [-0.39, 0.29) is 17.6 Å². The van der Waals surface area contributed by atoms with Crippen molar-refractivity contribution in [3.05, 3.63) is 41.7 Å². The van der Waals surface area contributed by atoms with E-state index in [2.05, 4.69) is 20.2 Å². The molecule has 1 aromatic heterocycles. The third-order valence-corrected chi connectivity index (χ3v) is 4.23. The number of nitrogens with one attached hydrogen (secondary N) is 1. The SMILES string of the molecule is Cc1cc(C)nc(N2CCC(C(=O)Nc3cccc(O)c3)CC2)n1. The maximum absolute atomic E-state index is 12.4. The van der Waals surface area contributed by atoms with Gasteiger partial charge in [0.15, 0.2) is 0 Å². The highest BCUT2D eigenvalue weighted by Gasteiger charge is 2.26. The molecule has 2 heterocycles. The third-order valence-electron chi connectivity index (χ3n) is 4.23. The van der Waals surface area contributed by atoms with Crippen molar-refractivity contribution in [2.75, 3.05) is 23.3 Å². The third kappa shape index (κ3) is 3.82. The molecule has 6 heteroatoms. The fourth-order valence-corrected chi connectivity index (χ4v) is 3.02. The molecule has 126 valence electrons. The summed E-state index contributed by atoms with van der Waals surface area (Å²) in [6.45, 7) is 5.46. The Hall–Kier alpha value is -2.63. The first-order valence-corrected chi connectivity index (χ1v) is 8.18. The van der Waals surface area contributed by atoms with Gasteiger partial charge in [0.25, 0.3) is 0 Å². The van der Waals surface area contributed by atoms with Gasteiger partial charge in [-0.05, 0) is 44.9 Å². The van der Waals surface area contributed by atoms with Crippen LogP contribution in [0.25, 0.3) is 0 Å². The standard InChI is InChI=1S/C18H22N4O2/c1-12-10-13(2)20-18(19-12)22-8-6-14(7-9-22)17(24)21-15-4-3-5-16(23)11-15/h3-5,10-11,14,23H,6-9H2,1-2H3,(H,21,24). The van der Waals surface area contributed by atoms with E-state index in [9.17, 15) is 9.90 Å². The van der Waals surface area contributed by atoms with Gasteiger partial charge >= 0.3 is 0 Å². The lowest BCUT2D eigenvalue weighted by Crippen LogP contribution is -2.39. The van der Waals surface area contributed by atoms with E-state index < -0.39 is 0 Å². The minimum Gasteiger partial charge on any atom is -0.508 e. The van der Waals surface area contributed by atoms with Crippen molar-refractivity contribution >= 4 is 17.5 Å². The van der Waals surface area contributed by atoms with Crippen LogP contribution >= 0.6 is 0 Å². The first-order valence-electron chi connectivity index (χ1n) is 8.18. The highest BCUT2D eigenvalue weighted by atomic mass is 16.3. The second-order valence-electron chi connectivity index (χ2n) is 6.25. The van der Waals surface area contributed by atoms with Gasteiger partial charge in [-0.3, -0.25) is 4.79 Å². The van der Waals surface area contributed by atoms with E-state index in [1.54, 1.807) is 24.3 Å². The Kier molecular flexibility index (Phi) is 4.64. The van der Waals surface area contributed by atoms with Crippen LogP contribution in [-0.4, -0.2) is 34.1 Å². The lowest BCUT2D eigenvalue weighted by atomic mass is 9.96. The number of anilines is 2. The molecule has 0 saturated carbocycles. The van der Waals surface area contributed by atoms with Crippen LogP contribution in [0.4, 0.5) is 11.6 Å². The quantitative estimate of drug-likeness (QED) is 0.906. The number of aromatic nitrogens is 2. The van der Waals surface area contributed by atoms with E-state index in [4.69, 9.17) is 0 Å². The van der Waals surface area contributed by atoms with E-state index in [0.717, 1.165) is 43.3 Å². The maximum Gasteiger partial charge on any atom is 0.227 e. The minimum absolute atomic E-state index is 0.00147. The molecule has 1 fully saturated rings. The molecule has 0 radical (unpaired) electrons. The summed E-state index contributed by atoms with van der Waals surface area (Å²) in [5.41, 5.74) is 2.54. The summed E-state index contributed by atoms with van der Waals surface area (Å²) in [5.74, 6) is 0.866. The van der Waals surface area contributed by atoms with Crippen LogP contribution < -0.4 is 10.2 Å². The smallest absolute Gasteiger partial charge is 0.227 e. The Labute approximate surface area is 141 Å². The largest absolute Gasteiger partial charge is 0.508 e. The van der Waals surface area contributed by atoms with Crippen molar-refractivity contribution in [2.24, 2.45) is 5.92 Å². The molecule has 6 nitrogen and oxygen atoms in total. The number of phenolic OH excluding ortho intramolecular Hbond substituents is 1. The summed E-state index contributed by atoms with van der Waals surface area (Å²) in [6, 6.07) is 8.58. The molecule has 1 aromatic carbocycles. The van der Waals surface area contributed by atoms with Crippen molar-refractivity contribution in [2.45, 2.75) is 26.7 Å². The number of hydrogen-bond donors (Lipinski definition) is 2. The summed E-state index contributed by atoms with van der Waals surface area (Å²) >= 11 is 0. The van der Waals surface area contributed by atoms with Gasteiger partial charge in [-0.15, -0.1) is 0 Å². The number of nitrogens with zero attached hydrogens (tertiary/aromatic N) is 3. The minimum atomic E-state index is -0.0329. The average molecular weight is 326 g/mol. The van der Waals surface area contributed by atoms with Gasteiger partial charge in [-0.2, -0.15) is 0 Å². The van der Waals surface area contributed by atoms with Crippen LogP contribution in [0, 0.1) is 19.8 Å². The van der Waals surface area contributed by atoms with Crippen LogP contribution in [0.1, 0.15) is 24.2 Å².